The van der Waals surface area contributed by atoms with Gasteiger partial charge in [0.25, 0.3) is 11.8 Å². The van der Waals surface area contributed by atoms with Gasteiger partial charge in [-0.25, -0.2) is 4.79 Å². The number of nitrogens with one attached hydrogen (secondary N) is 2. The molecule has 1 aliphatic heterocycles. The van der Waals surface area contributed by atoms with Crippen molar-refractivity contribution < 1.29 is 19.2 Å². The van der Waals surface area contributed by atoms with Gasteiger partial charge in [-0.2, -0.15) is 0 Å². The molecule has 3 rings (SSSR count). The highest BCUT2D eigenvalue weighted by Crippen LogP contribution is 2.26. The molecule has 0 aromatic heterocycles. The third kappa shape index (κ3) is 4.14. The Labute approximate surface area is 162 Å². The maximum absolute atomic E-state index is 12.4. The molecule has 0 radical (unpaired) electrons. The number of urea groups is 1. The van der Waals surface area contributed by atoms with E-state index in [1.54, 1.807) is 42.5 Å². The molecular formula is C18H15BrN4O4. The fourth-order valence-corrected chi connectivity index (χ4v) is 3.04. The second-order valence-corrected chi connectivity index (χ2v) is 6.73. The Balaban J connectivity index is 1.57. The van der Waals surface area contributed by atoms with Gasteiger partial charge in [0.15, 0.2) is 0 Å². The fourth-order valence-electron chi connectivity index (χ4n) is 2.68. The van der Waals surface area contributed by atoms with Crippen molar-refractivity contribution in [3.63, 3.8) is 0 Å². The van der Waals surface area contributed by atoms with Crippen LogP contribution >= 0.6 is 15.9 Å². The van der Waals surface area contributed by atoms with Crippen LogP contribution in [0.4, 0.5) is 16.2 Å². The predicted octanol–water partition coefficient (Wildman–Crippen LogP) is 2.56. The van der Waals surface area contributed by atoms with Gasteiger partial charge in [0.05, 0.1) is 11.1 Å². The molecule has 0 aliphatic carbocycles. The molecule has 27 heavy (non-hydrogen) atoms. The lowest BCUT2D eigenvalue weighted by molar-refractivity contribution is -0.116. The average Bonchev–Trinajstić information content (AvgIpc) is 2.85. The van der Waals surface area contributed by atoms with Gasteiger partial charge in [-0.15, -0.1) is 0 Å². The van der Waals surface area contributed by atoms with E-state index in [0.29, 0.717) is 27.0 Å². The number of carbonyl (C=O) groups is 4. The van der Waals surface area contributed by atoms with Gasteiger partial charge in [0.1, 0.15) is 0 Å². The Morgan fingerprint density at radius 2 is 1.52 bits per heavy atom. The van der Waals surface area contributed by atoms with Crippen molar-refractivity contribution in [2.24, 2.45) is 5.73 Å². The number of nitrogens with zero attached hydrogens (tertiary/aromatic N) is 1. The van der Waals surface area contributed by atoms with Gasteiger partial charge >= 0.3 is 6.03 Å². The van der Waals surface area contributed by atoms with E-state index in [1.165, 1.54) is 0 Å². The molecule has 0 unspecified atom stereocenters. The van der Waals surface area contributed by atoms with Gasteiger partial charge < -0.3 is 16.4 Å². The number of amides is 5. The van der Waals surface area contributed by atoms with E-state index < -0.39 is 17.8 Å². The zero-order chi connectivity index (χ0) is 19.6. The third-order valence-corrected chi connectivity index (χ3v) is 4.42. The SMILES string of the molecule is NC(=O)Nc1ccc(NC(=O)CCN2C(=O)c3ccc(Br)cc3C2=O)cc1. The van der Waals surface area contributed by atoms with Crippen molar-refractivity contribution in [1.29, 1.82) is 0 Å². The molecular weight excluding hydrogens is 416 g/mol. The predicted molar refractivity (Wildman–Crippen MR) is 102 cm³/mol. The maximum atomic E-state index is 12.4. The first kappa shape index (κ1) is 18.6. The second-order valence-electron chi connectivity index (χ2n) is 5.82. The molecule has 0 bridgehead atoms. The highest BCUT2D eigenvalue weighted by molar-refractivity contribution is 9.10. The molecule has 0 saturated carbocycles. The summed E-state index contributed by atoms with van der Waals surface area (Å²) in [5.74, 6) is -1.16. The van der Waals surface area contributed by atoms with Crippen LogP contribution in [0.25, 0.3) is 0 Å². The number of nitrogens with two attached hydrogens (primary N) is 1. The van der Waals surface area contributed by atoms with E-state index in [9.17, 15) is 19.2 Å². The van der Waals surface area contributed by atoms with Crippen LogP contribution in [0.1, 0.15) is 27.1 Å². The molecule has 0 spiro atoms. The Morgan fingerprint density at radius 1 is 0.926 bits per heavy atom. The molecule has 5 amide bonds. The van der Waals surface area contributed by atoms with Crippen molar-refractivity contribution >= 4 is 51.1 Å². The second kappa shape index (κ2) is 7.58. The largest absolute Gasteiger partial charge is 0.351 e. The third-order valence-electron chi connectivity index (χ3n) is 3.93. The van der Waals surface area contributed by atoms with E-state index in [-0.39, 0.29) is 18.9 Å². The number of hydrogen-bond acceptors (Lipinski definition) is 4. The summed E-state index contributed by atoms with van der Waals surface area (Å²) in [6.07, 6.45) is -0.0338. The number of halogens is 1. The molecule has 0 saturated heterocycles. The van der Waals surface area contributed by atoms with Crippen LogP contribution in [0.2, 0.25) is 0 Å². The summed E-state index contributed by atoms with van der Waals surface area (Å²) in [5.41, 5.74) is 6.70. The van der Waals surface area contributed by atoms with Crippen molar-refractivity contribution in [3.05, 3.63) is 58.1 Å². The number of hydrogen-bond donors (Lipinski definition) is 3. The molecule has 8 nitrogen and oxygen atoms in total. The van der Waals surface area contributed by atoms with E-state index >= 15 is 0 Å². The lowest BCUT2D eigenvalue weighted by atomic mass is 10.1. The number of primary amides is 1. The zero-order valence-corrected chi connectivity index (χ0v) is 15.6. The summed E-state index contributed by atoms with van der Waals surface area (Å²) >= 11 is 3.27. The fraction of sp³-hybridized carbons (Fsp3) is 0.111. The summed E-state index contributed by atoms with van der Waals surface area (Å²) in [6, 6.07) is 10.6. The van der Waals surface area contributed by atoms with Crippen molar-refractivity contribution in [2.45, 2.75) is 6.42 Å². The molecule has 2 aromatic rings. The number of rotatable bonds is 5. The Hall–Kier alpha value is -3.20. The van der Waals surface area contributed by atoms with E-state index in [0.717, 1.165) is 4.90 Å². The number of fused-ring (bicyclic) bond motifs is 1. The first-order valence-electron chi connectivity index (χ1n) is 7.97. The van der Waals surface area contributed by atoms with Crippen molar-refractivity contribution in [3.8, 4) is 0 Å². The quantitative estimate of drug-likeness (QED) is 0.630. The van der Waals surface area contributed by atoms with Crippen molar-refractivity contribution in [2.75, 3.05) is 17.2 Å². The summed E-state index contributed by atoms with van der Waals surface area (Å²) in [5, 5.41) is 5.08. The molecule has 4 N–H and O–H groups in total. The molecule has 1 aliphatic rings. The number of carbonyl (C=O) groups excluding carboxylic acids is 4. The summed E-state index contributed by atoms with van der Waals surface area (Å²) in [7, 11) is 0. The normalized spacial score (nSPS) is 12.7. The lowest BCUT2D eigenvalue weighted by Gasteiger charge is -2.13. The lowest BCUT2D eigenvalue weighted by Crippen LogP contribution is -2.32. The van der Waals surface area contributed by atoms with E-state index in [4.69, 9.17) is 5.73 Å². The van der Waals surface area contributed by atoms with Gasteiger partial charge in [-0.05, 0) is 42.5 Å². The number of imide groups is 1. The van der Waals surface area contributed by atoms with Crippen LogP contribution in [0, 0.1) is 0 Å². The minimum atomic E-state index is -0.681. The highest BCUT2D eigenvalue weighted by atomic mass is 79.9. The van der Waals surface area contributed by atoms with Gasteiger partial charge in [-0.3, -0.25) is 19.3 Å². The van der Waals surface area contributed by atoms with Crippen LogP contribution in [0.3, 0.4) is 0 Å². The minimum Gasteiger partial charge on any atom is -0.351 e. The Kier molecular flexibility index (Phi) is 5.22. The van der Waals surface area contributed by atoms with Crippen LogP contribution in [0.15, 0.2) is 46.9 Å². The van der Waals surface area contributed by atoms with Gasteiger partial charge in [-0.1, -0.05) is 15.9 Å². The first-order chi connectivity index (χ1) is 12.8. The molecule has 1 heterocycles. The topological polar surface area (TPSA) is 122 Å². The zero-order valence-electron chi connectivity index (χ0n) is 14.0. The standard InChI is InChI=1S/C18H15BrN4O4/c19-10-1-6-13-14(9-10)17(26)23(16(13)25)8-7-15(24)21-11-2-4-12(5-3-11)22-18(20)27/h1-6,9H,7-8H2,(H,21,24)(H3,20,22,27). The molecule has 0 atom stereocenters. The van der Waals surface area contributed by atoms with E-state index in [2.05, 4.69) is 26.6 Å². The summed E-state index contributed by atoms with van der Waals surface area (Å²) in [4.78, 5) is 48.6. The first-order valence-corrected chi connectivity index (χ1v) is 8.76. The van der Waals surface area contributed by atoms with Crippen LogP contribution in [-0.2, 0) is 4.79 Å². The average molecular weight is 431 g/mol. The summed E-state index contributed by atoms with van der Waals surface area (Å²) < 4.78 is 0.705. The molecule has 138 valence electrons. The van der Waals surface area contributed by atoms with Gasteiger partial charge in [0, 0.05) is 28.8 Å². The van der Waals surface area contributed by atoms with Crippen molar-refractivity contribution in [1.82, 2.24) is 4.90 Å². The maximum Gasteiger partial charge on any atom is 0.316 e. The van der Waals surface area contributed by atoms with Gasteiger partial charge in [0.2, 0.25) is 5.91 Å². The molecule has 0 fully saturated rings. The smallest absolute Gasteiger partial charge is 0.316 e. The Bertz CT molecular complexity index is 943. The molecule has 2 aromatic carbocycles. The van der Waals surface area contributed by atoms with E-state index in [1.807, 2.05) is 0 Å². The minimum absolute atomic E-state index is 0.0168. The van der Waals surface area contributed by atoms with Crippen LogP contribution < -0.4 is 16.4 Å². The Morgan fingerprint density at radius 3 is 2.15 bits per heavy atom. The summed E-state index contributed by atoms with van der Waals surface area (Å²) in [6.45, 7) is -0.0168. The van der Waals surface area contributed by atoms with Crippen LogP contribution in [-0.4, -0.2) is 35.2 Å². The number of benzene rings is 2. The van der Waals surface area contributed by atoms with Crippen LogP contribution in [0.5, 0.6) is 0 Å². The highest BCUT2D eigenvalue weighted by Gasteiger charge is 2.35. The number of anilines is 2. The molecule has 9 heteroatoms. The monoisotopic (exact) mass is 430 g/mol.